The summed E-state index contributed by atoms with van der Waals surface area (Å²) >= 11 is 0. The summed E-state index contributed by atoms with van der Waals surface area (Å²) in [6.07, 6.45) is -3.18. The van der Waals surface area contributed by atoms with Crippen molar-refractivity contribution in [2.75, 3.05) is 32.8 Å². The number of alkyl halides is 3. The summed E-state index contributed by atoms with van der Waals surface area (Å²) in [6.45, 7) is 5.06. The van der Waals surface area contributed by atoms with Crippen LogP contribution in [0.25, 0.3) is 0 Å². The van der Waals surface area contributed by atoms with Crippen LogP contribution >= 0.6 is 0 Å². The molecule has 0 aliphatic heterocycles. The molecular weight excluding hydrogens is 285 g/mol. The second-order valence-electron chi connectivity index (χ2n) is 5.08. The van der Waals surface area contributed by atoms with Crippen LogP contribution in [0.3, 0.4) is 0 Å². The molecule has 0 spiro atoms. The van der Waals surface area contributed by atoms with Gasteiger partial charge in [0.15, 0.2) is 0 Å². The van der Waals surface area contributed by atoms with Crippen molar-refractivity contribution in [3.8, 4) is 0 Å². The molecule has 0 heterocycles. The average molecular weight is 312 g/mol. The van der Waals surface area contributed by atoms with E-state index in [1.165, 1.54) is 0 Å². The molecule has 0 atom stereocenters. The minimum Gasteiger partial charge on any atom is -0.382 e. The number of nitrogens with zero attached hydrogens (tertiary/aromatic N) is 1. The van der Waals surface area contributed by atoms with Crippen LogP contribution in [0.2, 0.25) is 0 Å². The summed E-state index contributed by atoms with van der Waals surface area (Å²) in [5.74, 6) is -0.510. The van der Waals surface area contributed by atoms with E-state index in [-0.39, 0.29) is 13.1 Å². The quantitative estimate of drug-likeness (QED) is 0.631. The number of nitrogens with two attached hydrogens (primary N) is 1. The maximum atomic E-state index is 12.7. The highest BCUT2D eigenvalue weighted by atomic mass is 19.4. The first kappa shape index (κ1) is 20.2. The Morgan fingerprint density at radius 2 is 1.76 bits per heavy atom. The molecule has 0 radical (unpaired) electrons. The van der Waals surface area contributed by atoms with Gasteiger partial charge in [-0.15, -0.1) is 0 Å². The molecule has 7 heteroatoms. The second-order valence-corrected chi connectivity index (χ2v) is 5.08. The Morgan fingerprint density at radius 3 is 2.14 bits per heavy atom. The van der Waals surface area contributed by atoms with Gasteiger partial charge in [0.1, 0.15) is 6.54 Å². The second kappa shape index (κ2) is 9.25. The SMILES string of the molecule is CCOCCCN(CC(F)(F)F)C(=O)C(CC)(CC)CN. The molecule has 0 aromatic carbocycles. The van der Waals surface area contributed by atoms with Crippen LogP contribution < -0.4 is 5.73 Å². The van der Waals surface area contributed by atoms with Crippen molar-refractivity contribution in [2.45, 2.75) is 46.2 Å². The number of carbonyl (C=O) groups is 1. The first-order valence-corrected chi connectivity index (χ1v) is 7.40. The molecule has 0 fully saturated rings. The van der Waals surface area contributed by atoms with E-state index in [1.807, 2.05) is 6.92 Å². The number of ether oxygens (including phenoxy) is 1. The molecule has 2 N–H and O–H groups in total. The third-order valence-corrected chi connectivity index (χ3v) is 3.78. The third kappa shape index (κ3) is 6.65. The molecular formula is C14H27F3N2O2. The summed E-state index contributed by atoms with van der Waals surface area (Å²) in [4.78, 5) is 13.4. The predicted octanol–water partition coefficient (Wildman–Crippen LogP) is 2.57. The van der Waals surface area contributed by atoms with Gasteiger partial charge < -0.3 is 15.4 Å². The van der Waals surface area contributed by atoms with Gasteiger partial charge in [0, 0.05) is 26.3 Å². The van der Waals surface area contributed by atoms with Gasteiger partial charge in [-0.1, -0.05) is 13.8 Å². The van der Waals surface area contributed by atoms with E-state index in [1.54, 1.807) is 13.8 Å². The average Bonchev–Trinajstić information content (AvgIpc) is 2.43. The van der Waals surface area contributed by atoms with E-state index < -0.39 is 24.0 Å². The number of hydrogen-bond acceptors (Lipinski definition) is 3. The molecule has 0 bridgehead atoms. The zero-order valence-electron chi connectivity index (χ0n) is 13.1. The fraction of sp³-hybridized carbons (Fsp3) is 0.929. The van der Waals surface area contributed by atoms with Crippen LogP contribution in [-0.4, -0.2) is 49.8 Å². The number of rotatable bonds is 10. The van der Waals surface area contributed by atoms with Crippen molar-refractivity contribution < 1.29 is 22.7 Å². The lowest BCUT2D eigenvalue weighted by Gasteiger charge is -2.35. The van der Waals surface area contributed by atoms with Crippen molar-refractivity contribution in [3.05, 3.63) is 0 Å². The highest BCUT2D eigenvalue weighted by Gasteiger charge is 2.41. The molecule has 0 aromatic heterocycles. The van der Waals surface area contributed by atoms with Crippen LogP contribution in [0.4, 0.5) is 13.2 Å². The summed E-state index contributed by atoms with van der Waals surface area (Å²) in [5, 5.41) is 0. The summed E-state index contributed by atoms with van der Waals surface area (Å²) in [7, 11) is 0. The number of amides is 1. The van der Waals surface area contributed by atoms with Gasteiger partial charge in [0.25, 0.3) is 0 Å². The Bertz CT molecular complexity index is 297. The van der Waals surface area contributed by atoms with Crippen molar-refractivity contribution in [2.24, 2.45) is 11.1 Å². The monoisotopic (exact) mass is 312 g/mol. The molecule has 126 valence electrons. The molecule has 21 heavy (non-hydrogen) atoms. The summed E-state index contributed by atoms with van der Waals surface area (Å²) in [5.41, 5.74) is 4.75. The summed E-state index contributed by atoms with van der Waals surface area (Å²) < 4.78 is 43.2. The first-order chi connectivity index (χ1) is 9.76. The van der Waals surface area contributed by atoms with Gasteiger partial charge in [-0.25, -0.2) is 0 Å². The Kier molecular flexibility index (Phi) is 8.89. The number of halogens is 3. The highest BCUT2D eigenvalue weighted by Crippen LogP contribution is 2.29. The number of carbonyl (C=O) groups excluding carboxylic acids is 1. The molecule has 0 saturated heterocycles. The van der Waals surface area contributed by atoms with Crippen LogP contribution in [0.1, 0.15) is 40.0 Å². The lowest BCUT2D eigenvalue weighted by molar-refractivity contribution is -0.168. The minimum atomic E-state index is -4.41. The van der Waals surface area contributed by atoms with Gasteiger partial charge in [-0.2, -0.15) is 13.2 Å². The minimum absolute atomic E-state index is 0.0279. The standard InChI is InChI=1S/C14H27F3N2O2/c1-4-13(5-2,10-18)12(20)19(11-14(15,16)17)8-7-9-21-6-3/h4-11,18H2,1-3H3. The van der Waals surface area contributed by atoms with Crippen molar-refractivity contribution in [1.29, 1.82) is 0 Å². The topological polar surface area (TPSA) is 55.6 Å². The van der Waals surface area contributed by atoms with Gasteiger partial charge in [-0.05, 0) is 26.2 Å². The maximum Gasteiger partial charge on any atom is 0.406 e. The van der Waals surface area contributed by atoms with Crippen LogP contribution in [0.15, 0.2) is 0 Å². The highest BCUT2D eigenvalue weighted by molar-refractivity contribution is 5.83. The summed E-state index contributed by atoms with van der Waals surface area (Å²) in [6, 6.07) is 0. The smallest absolute Gasteiger partial charge is 0.382 e. The Labute approximate surface area is 124 Å². The van der Waals surface area contributed by atoms with E-state index in [4.69, 9.17) is 10.5 Å². The third-order valence-electron chi connectivity index (χ3n) is 3.78. The normalized spacial score (nSPS) is 12.5. The van der Waals surface area contributed by atoms with E-state index in [0.717, 1.165) is 4.90 Å². The van der Waals surface area contributed by atoms with Crippen molar-refractivity contribution in [3.63, 3.8) is 0 Å². The lowest BCUT2D eigenvalue weighted by Crippen LogP contribution is -2.50. The fourth-order valence-electron chi connectivity index (χ4n) is 2.23. The molecule has 1 amide bonds. The van der Waals surface area contributed by atoms with Crippen LogP contribution in [0.5, 0.6) is 0 Å². The molecule has 0 aliphatic carbocycles. The molecule has 0 saturated carbocycles. The Balaban J connectivity index is 4.95. The van der Waals surface area contributed by atoms with E-state index in [9.17, 15) is 18.0 Å². The van der Waals surface area contributed by atoms with E-state index >= 15 is 0 Å². The zero-order valence-corrected chi connectivity index (χ0v) is 13.1. The first-order valence-electron chi connectivity index (χ1n) is 7.40. The van der Waals surface area contributed by atoms with Gasteiger partial charge in [0.05, 0.1) is 5.41 Å². The Morgan fingerprint density at radius 1 is 1.19 bits per heavy atom. The fourth-order valence-corrected chi connectivity index (χ4v) is 2.23. The van der Waals surface area contributed by atoms with Gasteiger partial charge in [-0.3, -0.25) is 4.79 Å². The molecule has 0 aromatic rings. The van der Waals surface area contributed by atoms with E-state index in [0.29, 0.717) is 32.5 Å². The zero-order chi connectivity index (χ0) is 16.5. The van der Waals surface area contributed by atoms with Crippen molar-refractivity contribution in [1.82, 2.24) is 4.90 Å². The molecule has 4 nitrogen and oxygen atoms in total. The largest absolute Gasteiger partial charge is 0.406 e. The van der Waals surface area contributed by atoms with Gasteiger partial charge >= 0.3 is 6.18 Å². The molecule has 0 rings (SSSR count). The Hall–Kier alpha value is -0.820. The maximum absolute atomic E-state index is 12.7. The predicted molar refractivity (Wildman–Crippen MR) is 75.8 cm³/mol. The van der Waals surface area contributed by atoms with E-state index in [2.05, 4.69) is 0 Å². The lowest BCUT2D eigenvalue weighted by atomic mass is 9.81. The van der Waals surface area contributed by atoms with Crippen LogP contribution in [0, 0.1) is 5.41 Å². The van der Waals surface area contributed by atoms with Gasteiger partial charge in [0.2, 0.25) is 5.91 Å². The number of hydrogen-bond donors (Lipinski definition) is 1. The van der Waals surface area contributed by atoms with Crippen molar-refractivity contribution >= 4 is 5.91 Å². The van der Waals surface area contributed by atoms with Crippen LogP contribution in [-0.2, 0) is 9.53 Å². The molecule has 0 aliphatic rings. The molecule has 0 unspecified atom stereocenters.